The number of carbonyl (C=O) groups excluding carboxylic acids is 1. The van der Waals surface area contributed by atoms with Crippen LogP contribution in [0.15, 0.2) is 23.1 Å². The lowest BCUT2D eigenvalue weighted by atomic mass is 10.1. The molecule has 1 atom stereocenters. The van der Waals surface area contributed by atoms with E-state index in [-0.39, 0.29) is 22.1 Å². The Kier molecular flexibility index (Phi) is 12.1. The number of hydrogen-bond acceptors (Lipinski definition) is 7. The molecule has 192 valence electrons. The van der Waals surface area contributed by atoms with Crippen LogP contribution in [0.5, 0.6) is 11.5 Å². The van der Waals surface area contributed by atoms with E-state index in [0.29, 0.717) is 30.3 Å². The Balaban J connectivity index is 2.10. The van der Waals surface area contributed by atoms with E-state index in [1.165, 1.54) is 25.7 Å². The number of hydrogen-bond donors (Lipinski definition) is 2. The van der Waals surface area contributed by atoms with Gasteiger partial charge in [-0.25, -0.2) is 4.79 Å². The van der Waals surface area contributed by atoms with E-state index in [0.717, 1.165) is 29.5 Å². The largest absolute Gasteiger partial charge is 0.490 e. The number of thiocarbonyl (C=S) groups is 1. The van der Waals surface area contributed by atoms with Crippen molar-refractivity contribution in [2.45, 2.75) is 71.3 Å². The van der Waals surface area contributed by atoms with Crippen LogP contribution in [0.1, 0.15) is 70.8 Å². The molecule has 0 radical (unpaired) electrons. The van der Waals surface area contributed by atoms with Gasteiger partial charge < -0.3 is 19.7 Å². The van der Waals surface area contributed by atoms with Gasteiger partial charge in [0.2, 0.25) is 0 Å². The van der Waals surface area contributed by atoms with Crippen molar-refractivity contribution >= 4 is 52.2 Å². The van der Waals surface area contributed by atoms with Gasteiger partial charge in [-0.05, 0) is 43.5 Å². The first kappa shape index (κ1) is 28.6. The third kappa shape index (κ3) is 8.85. The highest BCUT2D eigenvalue weighted by atomic mass is 32.2. The number of ether oxygens (including phenoxy) is 2. The number of rotatable bonds is 16. The second-order valence-electron chi connectivity index (χ2n) is 8.09. The van der Waals surface area contributed by atoms with Crippen molar-refractivity contribution < 1.29 is 34.1 Å². The quantitative estimate of drug-likeness (QED) is 0.168. The standard InChI is InChI=1S/C25H33NO7S2/c1-3-5-6-7-8-9-14-33-19-12-10-17(15-20(19)32-4-2)16-21-23(29)26(25(34)35-21)18(24(30)31)11-13-22(27)28/h10,12,15-16,18H,3-9,11,13-14H2,1-2H3,(H,27,28)(H,30,31)/b21-16+. The lowest BCUT2D eigenvalue weighted by Gasteiger charge is -2.22. The summed E-state index contributed by atoms with van der Waals surface area (Å²) in [7, 11) is 0. The van der Waals surface area contributed by atoms with E-state index in [9.17, 15) is 19.5 Å². The van der Waals surface area contributed by atoms with Crippen LogP contribution in [0, 0.1) is 0 Å². The summed E-state index contributed by atoms with van der Waals surface area (Å²) in [5.41, 5.74) is 0.679. The molecular formula is C25H33NO7S2. The first-order valence-corrected chi connectivity index (χ1v) is 13.1. The minimum absolute atomic E-state index is 0.0861. The predicted octanol–water partition coefficient (Wildman–Crippen LogP) is 5.34. The van der Waals surface area contributed by atoms with Crippen LogP contribution in [0.25, 0.3) is 6.08 Å². The number of amides is 1. The molecule has 0 saturated carbocycles. The molecule has 1 aromatic carbocycles. The van der Waals surface area contributed by atoms with Crippen LogP contribution >= 0.6 is 24.0 Å². The van der Waals surface area contributed by atoms with E-state index in [4.69, 9.17) is 26.8 Å². The molecular weight excluding hydrogens is 490 g/mol. The number of aliphatic carboxylic acids is 2. The predicted molar refractivity (Wildman–Crippen MR) is 140 cm³/mol. The summed E-state index contributed by atoms with van der Waals surface area (Å²) in [6, 6.07) is 4.03. The Labute approximate surface area is 215 Å². The van der Waals surface area contributed by atoms with Gasteiger partial charge in [0.05, 0.1) is 18.1 Å². The zero-order valence-electron chi connectivity index (χ0n) is 20.2. The van der Waals surface area contributed by atoms with Crippen molar-refractivity contribution in [2.24, 2.45) is 0 Å². The number of carbonyl (C=O) groups is 3. The highest BCUT2D eigenvalue weighted by molar-refractivity contribution is 8.26. The Bertz CT molecular complexity index is 948. The molecule has 2 rings (SSSR count). The molecule has 1 aromatic rings. The van der Waals surface area contributed by atoms with E-state index in [1.54, 1.807) is 24.3 Å². The molecule has 2 N–H and O–H groups in total. The van der Waals surface area contributed by atoms with Crippen molar-refractivity contribution in [3.8, 4) is 11.5 Å². The zero-order valence-corrected chi connectivity index (χ0v) is 21.8. The van der Waals surface area contributed by atoms with Crippen molar-refractivity contribution in [3.05, 3.63) is 28.7 Å². The van der Waals surface area contributed by atoms with Gasteiger partial charge in [-0.15, -0.1) is 0 Å². The fourth-order valence-corrected chi connectivity index (χ4v) is 4.95. The lowest BCUT2D eigenvalue weighted by Crippen LogP contribution is -2.44. The molecule has 1 unspecified atom stereocenters. The monoisotopic (exact) mass is 523 g/mol. The smallest absolute Gasteiger partial charge is 0.326 e. The fraction of sp³-hybridized carbons (Fsp3) is 0.520. The van der Waals surface area contributed by atoms with Gasteiger partial charge in [0.1, 0.15) is 10.4 Å². The van der Waals surface area contributed by atoms with Gasteiger partial charge in [-0.1, -0.05) is 69.1 Å². The van der Waals surface area contributed by atoms with E-state index in [1.807, 2.05) is 6.92 Å². The first-order valence-electron chi connectivity index (χ1n) is 11.9. The Morgan fingerprint density at radius 2 is 1.80 bits per heavy atom. The average molecular weight is 524 g/mol. The summed E-state index contributed by atoms with van der Waals surface area (Å²) >= 11 is 6.23. The first-order chi connectivity index (χ1) is 16.8. The molecule has 1 amide bonds. The van der Waals surface area contributed by atoms with Gasteiger partial charge in [-0.3, -0.25) is 14.5 Å². The van der Waals surface area contributed by atoms with Crippen molar-refractivity contribution in [1.29, 1.82) is 0 Å². The molecule has 1 saturated heterocycles. The maximum absolute atomic E-state index is 12.9. The van der Waals surface area contributed by atoms with Crippen LogP contribution in [0.2, 0.25) is 0 Å². The zero-order chi connectivity index (χ0) is 25.8. The highest BCUT2D eigenvalue weighted by Gasteiger charge is 2.40. The van der Waals surface area contributed by atoms with E-state index >= 15 is 0 Å². The third-order valence-electron chi connectivity index (χ3n) is 5.37. The number of carboxylic acids is 2. The number of thioether (sulfide) groups is 1. The molecule has 0 spiro atoms. The van der Waals surface area contributed by atoms with Crippen molar-refractivity contribution in [1.82, 2.24) is 4.90 Å². The fourth-order valence-electron chi connectivity index (χ4n) is 3.59. The summed E-state index contributed by atoms with van der Waals surface area (Å²) in [6.45, 7) is 5.11. The van der Waals surface area contributed by atoms with Gasteiger partial charge in [0.25, 0.3) is 5.91 Å². The number of nitrogens with zero attached hydrogens (tertiary/aromatic N) is 1. The van der Waals surface area contributed by atoms with Crippen LogP contribution in [-0.4, -0.2) is 56.5 Å². The molecule has 0 bridgehead atoms. The third-order valence-corrected chi connectivity index (χ3v) is 6.70. The molecule has 35 heavy (non-hydrogen) atoms. The van der Waals surface area contributed by atoms with Crippen molar-refractivity contribution in [2.75, 3.05) is 13.2 Å². The molecule has 1 aliphatic heterocycles. The second kappa shape index (κ2) is 14.7. The Morgan fingerprint density at radius 3 is 2.46 bits per heavy atom. The van der Waals surface area contributed by atoms with Crippen molar-refractivity contribution in [3.63, 3.8) is 0 Å². The van der Waals surface area contributed by atoms with Gasteiger partial charge in [0, 0.05) is 6.42 Å². The number of carboxylic acid groups (broad SMARTS) is 2. The van der Waals surface area contributed by atoms with Crippen LogP contribution in [-0.2, 0) is 14.4 Å². The lowest BCUT2D eigenvalue weighted by molar-refractivity contribution is -0.146. The average Bonchev–Trinajstić information content (AvgIpc) is 3.07. The normalized spacial score (nSPS) is 15.5. The summed E-state index contributed by atoms with van der Waals surface area (Å²) in [6.07, 6.45) is 8.01. The van der Waals surface area contributed by atoms with E-state index < -0.39 is 23.9 Å². The van der Waals surface area contributed by atoms with Gasteiger partial charge in [-0.2, -0.15) is 0 Å². The van der Waals surface area contributed by atoms with Gasteiger partial charge in [0.15, 0.2) is 11.5 Å². The molecule has 0 aromatic heterocycles. The maximum atomic E-state index is 12.9. The molecule has 10 heteroatoms. The van der Waals surface area contributed by atoms with Crippen LogP contribution < -0.4 is 9.47 Å². The molecule has 0 aliphatic carbocycles. The molecule has 1 fully saturated rings. The maximum Gasteiger partial charge on any atom is 0.326 e. The molecule has 1 aliphatic rings. The summed E-state index contributed by atoms with van der Waals surface area (Å²) in [4.78, 5) is 36.8. The Hall–Kier alpha value is -2.59. The summed E-state index contributed by atoms with van der Waals surface area (Å²) in [5, 5.41) is 18.4. The topological polar surface area (TPSA) is 113 Å². The Morgan fingerprint density at radius 1 is 1.09 bits per heavy atom. The summed E-state index contributed by atoms with van der Waals surface area (Å²) < 4.78 is 11.7. The van der Waals surface area contributed by atoms with E-state index in [2.05, 4.69) is 6.92 Å². The van der Waals surface area contributed by atoms with Gasteiger partial charge >= 0.3 is 11.9 Å². The SMILES string of the molecule is CCCCCCCCOc1ccc(/C=C2/SC(=S)N(C(CCC(=O)O)C(=O)O)C2=O)cc1OCC. The molecule has 8 nitrogen and oxygen atoms in total. The second-order valence-corrected chi connectivity index (χ2v) is 9.77. The summed E-state index contributed by atoms with van der Waals surface area (Å²) in [5.74, 6) is -1.80. The van der Waals surface area contributed by atoms with Crippen LogP contribution in [0.4, 0.5) is 0 Å². The molecule has 1 heterocycles. The highest BCUT2D eigenvalue weighted by Crippen LogP contribution is 2.36. The number of benzene rings is 1. The minimum Gasteiger partial charge on any atom is -0.490 e. The minimum atomic E-state index is -1.33. The van der Waals surface area contributed by atoms with Crippen LogP contribution in [0.3, 0.4) is 0 Å². The number of unbranched alkanes of at least 4 members (excludes halogenated alkanes) is 5.